The predicted octanol–water partition coefficient (Wildman–Crippen LogP) is 4.32. The van der Waals surface area contributed by atoms with E-state index >= 15 is 0 Å². The maximum absolute atomic E-state index is 14.8. The summed E-state index contributed by atoms with van der Waals surface area (Å²) in [5.74, 6) is -2.61. The molecule has 2 N–H and O–H groups in total. The summed E-state index contributed by atoms with van der Waals surface area (Å²) in [7, 11) is -2.58. The summed E-state index contributed by atoms with van der Waals surface area (Å²) < 4.78 is 51.0. The van der Waals surface area contributed by atoms with Crippen molar-refractivity contribution in [2.45, 2.75) is 32.7 Å². The summed E-state index contributed by atoms with van der Waals surface area (Å²) in [5.41, 5.74) is 0.0470. The highest BCUT2D eigenvalue weighted by molar-refractivity contribution is 7.89. The quantitative estimate of drug-likeness (QED) is 0.223. The molecule has 0 fully saturated rings. The molecule has 15 heteroatoms. The first-order valence-electron chi connectivity index (χ1n) is 13.4. The van der Waals surface area contributed by atoms with Crippen molar-refractivity contribution < 1.29 is 36.5 Å². The van der Waals surface area contributed by atoms with E-state index in [9.17, 15) is 32.0 Å². The Morgan fingerprint density at radius 2 is 1.80 bits per heavy atom. The molecule has 0 saturated carbocycles. The van der Waals surface area contributed by atoms with Crippen molar-refractivity contribution in [2.24, 2.45) is 0 Å². The number of aromatic nitrogens is 2. The van der Waals surface area contributed by atoms with Gasteiger partial charge in [-0.1, -0.05) is 23.7 Å². The largest absolute Gasteiger partial charge is 0.495 e. The topological polar surface area (TPSA) is 167 Å². The van der Waals surface area contributed by atoms with E-state index in [4.69, 9.17) is 20.9 Å². The number of nitrogens with zero attached hydrogens (tertiary/aromatic N) is 2. The molecule has 1 atom stereocenters. The van der Waals surface area contributed by atoms with Crippen LogP contribution in [0.4, 0.5) is 10.1 Å². The number of methoxy groups -OCH3 is 1. The van der Waals surface area contributed by atoms with Gasteiger partial charge in [-0.3, -0.25) is 23.7 Å². The standard InChI is InChI=1S/C30H28ClFN4O8S/c1-5-26(37)20-8-6-17(31)11-22(20)23-14-28(38)36(15-27(23)43-3)25(13-19-10-16(2)44-34-19)30(40)33-18-7-9-21(24(32)12-18)29(39)35-45(4,41)42/h6-12,14-15,25H,5,13H2,1-4H3,(H,33,40)(H,35,39). The molecule has 236 valence electrons. The van der Waals surface area contributed by atoms with Gasteiger partial charge in [0.2, 0.25) is 15.9 Å². The van der Waals surface area contributed by atoms with Crippen molar-refractivity contribution in [2.75, 3.05) is 18.7 Å². The predicted molar refractivity (Wildman–Crippen MR) is 164 cm³/mol. The molecule has 1 unspecified atom stereocenters. The van der Waals surface area contributed by atoms with Gasteiger partial charge in [0, 0.05) is 46.8 Å². The first-order valence-corrected chi connectivity index (χ1v) is 15.7. The minimum atomic E-state index is -3.94. The maximum Gasteiger partial charge on any atom is 0.267 e. The van der Waals surface area contributed by atoms with Gasteiger partial charge in [0.15, 0.2) is 5.78 Å². The lowest BCUT2D eigenvalue weighted by Crippen LogP contribution is -2.34. The highest BCUT2D eigenvalue weighted by atomic mass is 35.5. The first-order chi connectivity index (χ1) is 21.2. The van der Waals surface area contributed by atoms with E-state index in [1.807, 2.05) is 0 Å². The van der Waals surface area contributed by atoms with E-state index in [1.165, 1.54) is 25.4 Å². The number of carbonyl (C=O) groups excluding carboxylic acids is 3. The van der Waals surface area contributed by atoms with Crippen LogP contribution in [0.3, 0.4) is 0 Å². The zero-order chi connectivity index (χ0) is 33.1. The van der Waals surface area contributed by atoms with E-state index < -0.39 is 44.8 Å². The number of nitrogens with one attached hydrogen (secondary N) is 2. The second-order valence-electron chi connectivity index (χ2n) is 10.0. The van der Waals surface area contributed by atoms with Gasteiger partial charge >= 0.3 is 0 Å². The third kappa shape index (κ3) is 7.83. The van der Waals surface area contributed by atoms with Crippen molar-refractivity contribution in [3.05, 3.63) is 98.5 Å². The Kier molecular flexibility index (Phi) is 9.88. The Hall–Kier alpha value is -4.82. The second kappa shape index (κ2) is 13.4. The van der Waals surface area contributed by atoms with Gasteiger partial charge in [-0.25, -0.2) is 17.5 Å². The number of Topliss-reactive ketones (excluding diaryl/α,β-unsaturated/α-hetero) is 1. The fourth-order valence-corrected chi connectivity index (χ4v) is 5.19. The van der Waals surface area contributed by atoms with Crippen molar-refractivity contribution in [3.8, 4) is 16.9 Å². The molecule has 4 rings (SSSR count). The molecule has 4 aromatic rings. The number of ketones is 1. The van der Waals surface area contributed by atoms with E-state index in [2.05, 4.69) is 10.5 Å². The van der Waals surface area contributed by atoms with Crippen LogP contribution in [-0.2, 0) is 21.2 Å². The van der Waals surface area contributed by atoms with Crippen LogP contribution in [0.1, 0.15) is 51.6 Å². The molecule has 2 amide bonds. The average Bonchev–Trinajstić information content (AvgIpc) is 3.39. The number of rotatable bonds is 11. The summed E-state index contributed by atoms with van der Waals surface area (Å²) in [6, 6.07) is 9.26. The Balaban J connectivity index is 1.76. The molecule has 0 aliphatic heterocycles. The molecular weight excluding hydrogens is 631 g/mol. The minimum absolute atomic E-state index is 0.0759. The molecule has 12 nitrogen and oxygen atoms in total. The lowest BCUT2D eigenvalue weighted by molar-refractivity contribution is -0.119. The van der Waals surface area contributed by atoms with E-state index in [0.29, 0.717) is 27.6 Å². The second-order valence-corrected chi connectivity index (χ2v) is 12.2. The molecule has 0 bridgehead atoms. The smallest absolute Gasteiger partial charge is 0.267 e. The zero-order valence-corrected chi connectivity index (χ0v) is 26.1. The molecule has 2 aromatic carbocycles. The fraction of sp³-hybridized carbons (Fsp3) is 0.233. The van der Waals surface area contributed by atoms with Crippen LogP contribution in [-0.4, -0.2) is 49.1 Å². The normalized spacial score (nSPS) is 12.0. The number of ether oxygens (including phenoxy) is 1. The van der Waals surface area contributed by atoms with Crippen molar-refractivity contribution in [3.63, 3.8) is 0 Å². The van der Waals surface area contributed by atoms with Gasteiger partial charge in [0.05, 0.1) is 30.8 Å². The monoisotopic (exact) mass is 658 g/mol. The number of pyridine rings is 1. The van der Waals surface area contributed by atoms with Crippen LogP contribution >= 0.6 is 11.6 Å². The Morgan fingerprint density at radius 3 is 2.40 bits per heavy atom. The van der Waals surface area contributed by atoms with Gasteiger partial charge in [-0.15, -0.1) is 0 Å². The van der Waals surface area contributed by atoms with Crippen LogP contribution in [0, 0.1) is 12.7 Å². The summed E-state index contributed by atoms with van der Waals surface area (Å²) in [4.78, 5) is 52.1. The van der Waals surface area contributed by atoms with Gasteiger partial charge in [-0.2, -0.15) is 0 Å². The summed E-state index contributed by atoms with van der Waals surface area (Å²) in [6.45, 7) is 3.36. The van der Waals surface area contributed by atoms with Crippen molar-refractivity contribution in [1.29, 1.82) is 0 Å². The SMILES string of the molecule is CCC(=O)c1ccc(Cl)cc1-c1cc(=O)n(C(Cc2cc(C)on2)C(=O)Nc2ccc(C(=O)NS(C)(=O)=O)c(F)c2)cc1OC. The Bertz CT molecular complexity index is 1970. The zero-order valence-electron chi connectivity index (χ0n) is 24.5. The Labute approximate surface area is 262 Å². The summed E-state index contributed by atoms with van der Waals surface area (Å²) in [6.07, 6.45) is 2.14. The number of carbonyl (C=O) groups is 3. The number of benzene rings is 2. The highest BCUT2D eigenvalue weighted by Gasteiger charge is 2.27. The number of anilines is 1. The van der Waals surface area contributed by atoms with Gasteiger partial charge in [0.1, 0.15) is 23.4 Å². The lowest BCUT2D eigenvalue weighted by atomic mass is 9.96. The maximum atomic E-state index is 14.8. The molecule has 0 aliphatic carbocycles. The number of halogens is 2. The minimum Gasteiger partial charge on any atom is -0.495 e. The molecule has 0 spiro atoms. The van der Waals surface area contributed by atoms with E-state index in [0.717, 1.165) is 23.0 Å². The fourth-order valence-electron chi connectivity index (χ4n) is 4.57. The van der Waals surface area contributed by atoms with Gasteiger partial charge in [-0.05, 0) is 48.9 Å². The van der Waals surface area contributed by atoms with Crippen molar-refractivity contribution >= 4 is 44.9 Å². The molecule has 0 saturated heterocycles. The molecule has 45 heavy (non-hydrogen) atoms. The van der Waals surface area contributed by atoms with E-state index in [-0.39, 0.29) is 35.6 Å². The number of amides is 2. The molecule has 0 aliphatic rings. The molecule has 0 radical (unpaired) electrons. The van der Waals surface area contributed by atoms with Crippen LogP contribution in [0.15, 0.2) is 64.0 Å². The molecule has 2 aromatic heterocycles. The Morgan fingerprint density at radius 1 is 1.09 bits per heavy atom. The molecule has 2 heterocycles. The van der Waals surface area contributed by atoms with Crippen LogP contribution in [0.2, 0.25) is 5.02 Å². The number of hydrogen-bond acceptors (Lipinski definition) is 9. The average molecular weight is 659 g/mol. The van der Waals surface area contributed by atoms with E-state index in [1.54, 1.807) is 42.8 Å². The van der Waals surface area contributed by atoms with Crippen LogP contribution < -0.4 is 20.3 Å². The van der Waals surface area contributed by atoms with Crippen LogP contribution in [0.25, 0.3) is 11.1 Å². The third-order valence-corrected chi connectivity index (χ3v) is 7.43. The molecular formula is C30H28ClFN4O8S. The van der Waals surface area contributed by atoms with Gasteiger partial charge < -0.3 is 14.6 Å². The number of hydrogen-bond donors (Lipinski definition) is 2. The number of aryl methyl sites for hydroxylation is 1. The summed E-state index contributed by atoms with van der Waals surface area (Å²) >= 11 is 6.23. The lowest BCUT2D eigenvalue weighted by Gasteiger charge is -2.21. The highest BCUT2D eigenvalue weighted by Crippen LogP contribution is 2.34. The summed E-state index contributed by atoms with van der Waals surface area (Å²) in [5, 5.41) is 6.78. The third-order valence-electron chi connectivity index (χ3n) is 6.63. The first kappa shape index (κ1) is 33.1. The van der Waals surface area contributed by atoms with Gasteiger partial charge in [0.25, 0.3) is 11.5 Å². The van der Waals surface area contributed by atoms with Crippen molar-refractivity contribution in [1.82, 2.24) is 14.4 Å². The van der Waals surface area contributed by atoms with Crippen LogP contribution in [0.5, 0.6) is 5.75 Å². The number of sulfonamides is 1.